The minimum Gasteiger partial charge on any atom is -0.458 e. The van der Waals surface area contributed by atoms with Gasteiger partial charge in [-0.3, -0.25) is 0 Å². The average molecular weight is 332 g/mol. The first-order valence-corrected chi connectivity index (χ1v) is 9.45. The van der Waals surface area contributed by atoms with Gasteiger partial charge in [-0.25, -0.2) is 0 Å². The van der Waals surface area contributed by atoms with Gasteiger partial charge < -0.3 is 9.47 Å². The van der Waals surface area contributed by atoms with Crippen LogP contribution in [-0.4, -0.2) is 0 Å². The van der Waals surface area contributed by atoms with Gasteiger partial charge in [0.2, 0.25) is 5.79 Å². The molecule has 4 rings (SSSR count). The van der Waals surface area contributed by atoms with E-state index in [4.69, 9.17) is 9.47 Å². The summed E-state index contributed by atoms with van der Waals surface area (Å²) in [6.07, 6.45) is 0. The van der Waals surface area contributed by atoms with Gasteiger partial charge in [-0.1, -0.05) is 39.5 Å². The molecule has 22 heavy (non-hydrogen) atoms. The summed E-state index contributed by atoms with van der Waals surface area (Å²) in [5.74, 6) is 1.13. The van der Waals surface area contributed by atoms with E-state index in [2.05, 4.69) is 62.4 Å². The van der Waals surface area contributed by atoms with E-state index in [9.17, 15) is 0 Å². The summed E-state index contributed by atoms with van der Waals surface area (Å²) in [4.78, 5) is 2.33. The molecule has 4 heterocycles. The molecule has 4 heteroatoms. The van der Waals surface area contributed by atoms with Crippen LogP contribution in [0, 0.1) is 17.8 Å². The molecule has 0 amide bonds. The molecule has 5 atom stereocenters. The standard InChI is InChI=1S/C18H20O2S2/c1-11-12(2)17(15-7-5-9-21-15)14(4)19-18(20-17,13(11)3)16-8-6-10-22-16/h5-13H,4H2,1-3H3/t11?,12?,13?,17-,18-/m0/s1. The van der Waals surface area contributed by atoms with Gasteiger partial charge in [-0.15, -0.1) is 22.7 Å². The molecule has 2 aromatic rings. The van der Waals surface area contributed by atoms with Crippen LogP contribution in [0.5, 0.6) is 0 Å². The second kappa shape index (κ2) is 4.70. The SMILES string of the molecule is C=C1O[C@]2(c3cccs3)O[C@@]1(c1cccs1)C(C)C(C)C2C. The van der Waals surface area contributed by atoms with Crippen LogP contribution in [0.15, 0.2) is 47.4 Å². The molecule has 2 aliphatic rings. The molecule has 0 aromatic carbocycles. The lowest BCUT2D eigenvalue weighted by Gasteiger charge is -2.47. The number of fused-ring (bicyclic) bond motifs is 2. The van der Waals surface area contributed by atoms with E-state index < -0.39 is 11.4 Å². The average Bonchev–Trinajstić information content (AvgIpc) is 3.23. The molecule has 2 fully saturated rings. The van der Waals surface area contributed by atoms with Gasteiger partial charge in [0.1, 0.15) is 5.76 Å². The summed E-state index contributed by atoms with van der Waals surface area (Å²) in [7, 11) is 0. The molecule has 0 N–H and O–H groups in total. The van der Waals surface area contributed by atoms with Crippen molar-refractivity contribution < 1.29 is 9.47 Å². The Morgan fingerprint density at radius 2 is 1.64 bits per heavy atom. The summed E-state index contributed by atoms with van der Waals surface area (Å²) in [6, 6.07) is 8.39. The molecule has 116 valence electrons. The van der Waals surface area contributed by atoms with E-state index in [0.29, 0.717) is 11.8 Å². The zero-order valence-corrected chi connectivity index (χ0v) is 14.7. The van der Waals surface area contributed by atoms with E-state index in [0.717, 1.165) is 10.6 Å². The smallest absolute Gasteiger partial charge is 0.250 e. The second-order valence-electron chi connectivity index (χ2n) is 6.42. The largest absolute Gasteiger partial charge is 0.458 e. The highest BCUT2D eigenvalue weighted by atomic mass is 32.1. The maximum absolute atomic E-state index is 6.77. The molecular weight excluding hydrogens is 312 g/mol. The van der Waals surface area contributed by atoms with Gasteiger partial charge >= 0.3 is 0 Å². The number of rotatable bonds is 2. The van der Waals surface area contributed by atoms with Crippen LogP contribution in [0.4, 0.5) is 0 Å². The third-order valence-electron chi connectivity index (χ3n) is 5.57. The molecule has 0 aliphatic carbocycles. The summed E-state index contributed by atoms with van der Waals surface area (Å²) in [6.45, 7) is 11.1. The van der Waals surface area contributed by atoms with Gasteiger partial charge in [-0.05, 0) is 28.8 Å². The lowest BCUT2D eigenvalue weighted by Crippen LogP contribution is -2.51. The van der Waals surface area contributed by atoms with Crippen LogP contribution in [0.25, 0.3) is 0 Å². The number of hydrogen-bond acceptors (Lipinski definition) is 4. The van der Waals surface area contributed by atoms with E-state index in [1.807, 2.05) is 0 Å². The molecule has 2 aromatic heterocycles. The lowest BCUT2D eigenvalue weighted by atomic mass is 9.69. The Morgan fingerprint density at radius 1 is 1.00 bits per heavy atom. The Balaban J connectivity index is 1.93. The second-order valence-corrected chi connectivity index (χ2v) is 8.32. The van der Waals surface area contributed by atoms with Crippen molar-refractivity contribution in [2.45, 2.75) is 32.2 Å². The maximum Gasteiger partial charge on any atom is 0.250 e. The molecule has 2 nitrogen and oxygen atoms in total. The van der Waals surface area contributed by atoms with Crippen molar-refractivity contribution in [1.29, 1.82) is 0 Å². The molecule has 2 bridgehead atoms. The van der Waals surface area contributed by atoms with Gasteiger partial charge in [0, 0.05) is 16.7 Å². The first-order chi connectivity index (χ1) is 10.5. The van der Waals surface area contributed by atoms with Crippen molar-refractivity contribution in [3.63, 3.8) is 0 Å². The Bertz CT molecular complexity index is 691. The monoisotopic (exact) mass is 332 g/mol. The molecule has 0 spiro atoms. The van der Waals surface area contributed by atoms with E-state index in [1.54, 1.807) is 22.7 Å². The van der Waals surface area contributed by atoms with Crippen LogP contribution in [0.2, 0.25) is 0 Å². The maximum atomic E-state index is 6.77. The van der Waals surface area contributed by atoms with Crippen molar-refractivity contribution in [1.82, 2.24) is 0 Å². The van der Waals surface area contributed by atoms with Crippen LogP contribution in [0.1, 0.15) is 30.5 Å². The van der Waals surface area contributed by atoms with Gasteiger partial charge in [0.05, 0.1) is 4.88 Å². The van der Waals surface area contributed by atoms with E-state index in [-0.39, 0.29) is 5.92 Å². The minimum absolute atomic E-state index is 0.272. The predicted octanol–water partition coefficient (Wildman–Crippen LogP) is 5.34. The zero-order valence-electron chi connectivity index (χ0n) is 13.0. The van der Waals surface area contributed by atoms with Crippen LogP contribution in [-0.2, 0) is 20.9 Å². The Labute approximate surface area is 139 Å². The number of thiophene rings is 2. The molecule has 0 saturated carbocycles. The van der Waals surface area contributed by atoms with Crippen molar-refractivity contribution in [3.8, 4) is 0 Å². The molecule has 2 saturated heterocycles. The third kappa shape index (κ3) is 1.58. The molecule has 2 aliphatic heterocycles. The van der Waals surface area contributed by atoms with Gasteiger partial charge in [0.25, 0.3) is 0 Å². The van der Waals surface area contributed by atoms with Crippen molar-refractivity contribution in [2.75, 3.05) is 0 Å². The Kier molecular flexibility index (Phi) is 3.09. The minimum atomic E-state index is -0.693. The highest BCUT2D eigenvalue weighted by Crippen LogP contribution is 2.65. The first kappa shape index (κ1) is 14.5. The fourth-order valence-electron chi connectivity index (χ4n) is 3.96. The summed E-state index contributed by atoms with van der Waals surface area (Å²) in [5, 5.41) is 4.18. The first-order valence-electron chi connectivity index (χ1n) is 7.69. The van der Waals surface area contributed by atoms with Crippen LogP contribution < -0.4 is 0 Å². The molecular formula is C18H20O2S2. The quantitative estimate of drug-likeness (QED) is 0.739. The molecule has 0 radical (unpaired) electrons. The fourth-order valence-corrected chi connectivity index (χ4v) is 5.83. The topological polar surface area (TPSA) is 18.5 Å². The third-order valence-corrected chi connectivity index (χ3v) is 7.53. The molecule has 3 unspecified atom stereocenters. The summed E-state index contributed by atoms with van der Waals surface area (Å²) in [5.41, 5.74) is -0.524. The van der Waals surface area contributed by atoms with E-state index >= 15 is 0 Å². The van der Waals surface area contributed by atoms with Gasteiger partial charge in [-0.2, -0.15) is 0 Å². The van der Waals surface area contributed by atoms with E-state index in [1.165, 1.54) is 4.88 Å². The summed E-state index contributed by atoms with van der Waals surface area (Å²) < 4.78 is 13.2. The fraction of sp³-hybridized carbons (Fsp3) is 0.444. The van der Waals surface area contributed by atoms with Crippen molar-refractivity contribution in [3.05, 3.63) is 57.1 Å². The van der Waals surface area contributed by atoms with Crippen LogP contribution >= 0.6 is 22.7 Å². The zero-order chi connectivity index (χ0) is 15.5. The normalized spacial score (nSPS) is 40.7. The Morgan fingerprint density at radius 3 is 2.23 bits per heavy atom. The number of ether oxygens (including phenoxy) is 2. The van der Waals surface area contributed by atoms with Gasteiger partial charge in [0.15, 0.2) is 5.60 Å². The number of hydrogen-bond donors (Lipinski definition) is 0. The van der Waals surface area contributed by atoms with Crippen LogP contribution in [0.3, 0.4) is 0 Å². The Hall–Kier alpha value is -1.10. The van der Waals surface area contributed by atoms with Crippen molar-refractivity contribution >= 4 is 22.7 Å². The van der Waals surface area contributed by atoms with Crippen molar-refractivity contribution in [2.24, 2.45) is 17.8 Å². The highest BCUT2D eigenvalue weighted by Gasteiger charge is 2.67. The lowest BCUT2D eigenvalue weighted by molar-refractivity contribution is -0.280. The predicted molar refractivity (Wildman–Crippen MR) is 90.8 cm³/mol. The summed E-state index contributed by atoms with van der Waals surface area (Å²) >= 11 is 3.42. The highest BCUT2D eigenvalue weighted by molar-refractivity contribution is 7.10.